The van der Waals surface area contributed by atoms with Crippen LogP contribution >= 0.6 is 23.2 Å². The number of nitrogens with two attached hydrogens (primary N) is 1. The molecule has 0 aliphatic heterocycles. The van der Waals surface area contributed by atoms with E-state index < -0.39 is 12.0 Å². The van der Waals surface area contributed by atoms with Crippen molar-refractivity contribution in [3.8, 4) is 16.8 Å². The van der Waals surface area contributed by atoms with Gasteiger partial charge in [-0.25, -0.2) is 9.78 Å². The number of aromatic nitrogens is 2. The first-order chi connectivity index (χ1) is 12.9. The average molecular weight is 405 g/mol. The van der Waals surface area contributed by atoms with Crippen molar-refractivity contribution in [3.05, 3.63) is 64.5 Å². The molecular formula is C18H14Cl2N4O3. The first-order valence-electron chi connectivity index (χ1n) is 7.68. The van der Waals surface area contributed by atoms with Gasteiger partial charge in [-0.15, -0.1) is 0 Å². The van der Waals surface area contributed by atoms with Crippen molar-refractivity contribution in [2.75, 3.05) is 12.4 Å². The van der Waals surface area contributed by atoms with Gasteiger partial charge in [-0.05, 0) is 6.07 Å². The summed E-state index contributed by atoms with van der Waals surface area (Å²) < 4.78 is 6.17. The van der Waals surface area contributed by atoms with Crippen LogP contribution in [0.15, 0.2) is 48.9 Å². The third-order valence-corrected chi connectivity index (χ3v) is 4.41. The van der Waals surface area contributed by atoms with Gasteiger partial charge in [-0.2, -0.15) is 0 Å². The highest BCUT2D eigenvalue weighted by atomic mass is 35.5. The lowest BCUT2D eigenvalue weighted by Crippen LogP contribution is -2.12. The lowest BCUT2D eigenvalue weighted by molar-refractivity contribution is 0.100. The summed E-state index contributed by atoms with van der Waals surface area (Å²) in [6.07, 6.45) is 3.94. The van der Waals surface area contributed by atoms with Gasteiger partial charge in [-0.3, -0.25) is 10.1 Å². The number of nitrogens with one attached hydrogen (secondary N) is 1. The molecule has 0 unspecified atom stereocenters. The van der Waals surface area contributed by atoms with Crippen molar-refractivity contribution >= 4 is 41.0 Å². The Morgan fingerprint density at radius 3 is 2.56 bits per heavy atom. The van der Waals surface area contributed by atoms with E-state index in [1.165, 1.54) is 13.3 Å². The summed E-state index contributed by atoms with van der Waals surface area (Å²) in [7, 11) is 1.24. The number of anilines is 1. The van der Waals surface area contributed by atoms with E-state index in [4.69, 9.17) is 28.9 Å². The van der Waals surface area contributed by atoms with Gasteiger partial charge in [0.2, 0.25) is 0 Å². The number of halogens is 2. The number of primary amides is 1. The second kappa shape index (κ2) is 7.69. The maximum absolute atomic E-state index is 11.9. The third-order valence-electron chi connectivity index (χ3n) is 3.78. The molecule has 2 amide bonds. The molecule has 0 fully saturated rings. The Balaban J connectivity index is 2.12. The highest BCUT2D eigenvalue weighted by molar-refractivity contribution is 6.33. The molecule has 0 aliphatic rings. The topological polar surface area (TPSA) is 99.2 Å². The van der Waals surface area contributed by atoms with Gasteiger partial charge >= 0.3 is 6.09 Å². The molecule has 0 aliphatic carbocycles. The van der Waals surface area contributed by atoms with Gasteiger partial charge in [-0.1, -0.05) is 41.4 Å². The Labute approximate surface area is 164 Å². The molecule has 3 rings (SSSR count). The molecule has 0 radical (unpaired) electrons. The van der Waals surface area contributed by atoms with Crippen LogP contribution in [0.4, 0.5) is 10.6 Å². The molecule has 0 bridgehead atoms. The maximum Gasteiger partial charge on any atom is 0.412 e. The molecule has 3 aromatic rings. The predicted octanol–water partition coefficient (Wildman–Crippen LogP) is 4.12. The molecule has 2 heterocycles. The minimum atomic E-state index is -0.669. The second-order valence-electron chi connectivity index (χ2n) is 5.47. The lowest BCUT2D eigenvalue weighted by atomic mass is 10.0. The van der Waals surface area contributed by atoms with Crippen LogP contribution in [0.1, 0.15) is 10.4 Å². The Bertz CT molecular complexity index is 1030. The van der Waals surface area contributed by atoms with Crippen molar-refractivity contribution in [1.82, 2.24) is 9.55 Å². The number of benzene rings is 1. The summed E-state index contributed by atoms with van der Waals surface area (Å²) in [5.74, 6) is -0.378. The molecular weight excluding hydrogens is 391 g/mol. The first kappa shape index (κ1) is 18.8. The van der Waals surface area contributed by atoms with Gasteiger partial charge in [0.05, 0.1) is 29.6 Å². The minimum absolute atomic E-state index is 0.231. The van der Waals surface area contributed by atoms with Crippen LogP contribution in [-0.2, 0) is 4.74 Å². The average Bonchev–Trinajstić information content (AvgIpc) is 3.08. The number of amides is 2. The zero-order chi connectivity index (χ0) is 19.6. The van der Waals surface area contributed by atoms with Crippen LogP contribution in [0.3, 0.4) is 0 Å². The number of ether oxygens (including phenoxy) is 1. The normalized spacial score (nSPS) is 10.5. The van der Waals surface area contributed by atoms with Gasteiger partial charge in [0.15, 0.2) is 0 Å². The fraction of sp³-hybridized carbons (Fsp3) is 0.0556. The van der Waals surface area contributed by atoms with Gasteiger partial charge in [0.1, 0.15) is 5.82 Å². The standard InChI is InChI=1S/C18H14Cl2N4O3/c1-27-18(26)23-16-6-15(14(20)7-22-16)24-8-11(12(9-24)17(21)25)10-4-2-3-5-13(10)19/h2-9H,1H3,(H2,21,25)(H,22,23,26). The summed E-state index contributed by atoms with van der Waals surface area (Å²) in [4.78, 5) is 27.3. The van der Waals surface area contributed by atoms with E-state index >= 15 is 0 Å². The van der Waals surface area contributed by atoms with E-state index in [9.17, 15) is 9.59 Å². The predicted molar refractivity (Wildman–Crippen MR) is 104 cm³/mol. The van der Waals surface area contributed by atoms with Crippen molar-refractivity contribution in [3.63, 3.8) is 0 Å². The Morgan fingerprint density at radius 2 is 1.89 bits per heavy atom. The molecule has 3 N–H and O–H groups in total. The van der Waals surface area contributed by atoms with Crippen LogP contribution in [0.2, 0.25) is 10.0 Å². The minimum Gasteiger partial charge on any atom is -0.453 e. The summed E-state index contributed by atoms with van der Waals surface area (Å²) in [5, 5.41) is 3.24. The largest absolute Gasteiger partial charge is 0.453 e. The number of carbonyl (C=O) groups is 2. The molecule has 0 saturated heterocycles. The fourth-order valence-electron chi connectivity index (χ4n) is 2.53. The number of methoxy groups -OCH3 is 1. The van der Waals surface area contributed by atoms with Crippen molar-refractivity contribution in [2.24, 2.45) is 5.73 Å². The van der Waals surface area contributed by atoms with Crippen molar-refractivity contribution < 1.29 is 14.3 Å². The first-order valence-corrected chi connectivity index (χ1v) is 8.44. The number of hydrogen-bond acceptors (Lipinski definition) is 4. The third kappa shape index (κ3) is 3.89. The van der Waals surface area contributed by atoms with E-state index in [-0.39, 0.29) is 11.4 Å². The summed E-state index contributed by atoms with van der Waals surface area (Å²) >= 11 is 12.5. The molecule has 138 valence electrons. The van der Waals surface area contributed by atoms with E-state index in [1.807, 2.05) is 0 Å². The molecule has 0 spiro atoms. The number of rotatable bonds is 4. The van der Waals surface area contributed by atoms with E-state index in [2.05, 4.69) is 15.0 Å². The van der Waals surface area contributed by atoms with Gasteiger partial charge < -0.3 is 15.0 Å². The number of carbonyl (C=O) groups excluding carboxylic acids is 2. The van der Waals surface area contributed by atoms with Crippen LogP contribution in [-0.4, -0.2) is 28.7 Å². The lowest BCUT2D eigenvalue weighted by Gasteiger charge is -2.09. The zero-order valence-corrected chi connectivity index (χ0v) is 15.6. The number of hydrogen-bond donors (Lipinski definition) is 2. The van der Waals surface area contributed by atoms with Gasteiger partial charge in [0.25, 0.3) is 5.91 Å². The van der Waals surface area contributed by atoms with E-state index in [0.717, 1.165) is 0 Å². The molecule has 0 saturated carbocycles. The zero-order valence-electron chi connectivity index (χ0n) is 14.1. The van der Waals surface area contributed by atoms with Crippen molar-refractivity contribution in [2.45, 2.75) is 0 Å². The van der Waals surface area contributed by atoms with Crippen LogP contribution in [0, 0.1) is 0 Å². The molecule has 2 aromatic heterocycles. The summed E-state index contributed by atoms with van der Waals surface area (Å²) in [5.41, 5.74) is 7.51. The fourth-order valence-corrected chi connectivity index (χ4v) is 2.97. The summed E-state index contributed by atoms with van der Waals surface area (Å²) in [6.45, 7) is 0. The highest BCUT2D eigenvalue weighted by Gasteiger charge is 2.18. The molecule has 9 heteroatoms. The molecule has 0 atom stereocenters. The maximum atomic E-state index is 11.9. The quantitative estimate of drug-likeness (QED) is 0.682. The van der Waals surface area contributed by atoms with Crippen molar-refractivity contribution in [1.29, 1.82) is 0 Å². The monoisotopic (exact) mass is 404 g/mol. The van der Waals surface area contributed by atoms with Crippen LogP contribution < -0.4 is 11.1 Å². The smallest absolute Gasteiger partial charge is 0.412 e. The number of nitrogens with zero attached hydrogens (tertiary/aromatic N) is 2. The van der Waals surface area contributed by atoms with Crippen LogP contribution in [0.5, 0.6) is 0 Å². The van der Waals surface area contributed by atoms with Gasteiger partial charge in [0, 0.05) is 34.6 Å². The molecule has 1 aromatic carbocycles. The highest BCUT2D eigenvalue weighted by Crippen LogP contribution is 2.33. The molecule has 7 nitrogen and oxygen atoms in total. The number of pyridine rings is 1. The second-order valence-corrected chi connectivity index (χ2v) is 6.29. The van der Waals surface area contributed by atoms with E-state index in [0.29, 0.717) is 26.9 Å². The molecule has 27 heavy (non-hydrogen) atoms. The Kier molecular flexibility index (Phi) is 5.34. The Morgan fingerprint density at radius 1 is 1.15 bits per heavy atom. The van der Waals surface area contributed by atoms with Crippen LogP contribution in [0.25, 0.3) is 16.8 Å². The van der Waals surface area contributed by atoms with E-state index in [1.54, 1.807) is 47.3 Å². The Hall–Kier alpha value is -3.03. The SMILES string of the molecule is COC(=O)Nc1cc(-n2cc(C(N)=O)c(-c3ccccc3Cl)c2)c(Cl)cn1. The summed E-state index contributed by atoms with van der Waals surface area (Å²) in [6, 6.07) is 8.64.